The average molecular weight is 274 g/mol. The second kappa shape index (κ2) is 5.73. The van der Waals surface area contributed by atoms with Crippen molar-refractivity contribution in [3.63, 3.8) is 0 Å². The highest BCUT2D eigenvalue weighted by Crippen LogP contribution is 2.42. The zero-order chi connectivity index (χ0) is 14.7. The highest BCUT2D eigenvalue weighted by atomic mass is 14.4. The lowest BCUT2D eigenvalue weighted by molar-refractivity contribution is 0.415. The fourth-order valence-electron chi connectivity index (χ4n) is 3.36. The van der Waals surface area contributed by atoms with Crippen LogP contribution in [-0.4, -0.2) is 0 Å². The van der Waals surface area contributed by atoms with Gasteiger partial charge in [-0.15, -0.1) is 0 Å². The van der Waals surface area contributed by atoms with Crippen LogP contribution in [0.15, 0.2) is 78.9 Å². The lowest BCUT2D eigenvalue weighted by atomic mass is 9.65. The summed E-state index contributed by atoms with van der Waals surface area (Å²) >= 11 is 0. The Balaban J connectivity index is 2.15. The maximum absolute atomic E-state index is 2.38. The Morgan fingerprint density at radius 3 is 2.33 bits per heavy atom. The molecule has 0 bridgehead atoms. The summed E-state index contributed by atoms with van der Waals surface area (Å²) in [5, 5.41) is 0. The van der Waals surface area contributed by atoms with Crippen molar-refractivity contribution in [3.05, 3.63) is 95.6 Å². The molecular weight excluding hydrogens is 252 g/mol. The van der Waals surface area contributed by atoms with Crippen molar-refractivity contribution in [1.82, 2.24) is 0 Å². The van der Waals surface area contributed by atoms with E-state index in [0.29, 0.717) is 5.92 Å². The van der Waals surface area contributed by atoms with Gasteiger partial charge < -0.3 is 0 Å². The number of rotatable bonds is 3. The molecule has 0 N–H and O–H groups in total. The standard InChI is InChI=1S/C21H22/c1-17-10-9-15-20(16-17)21(2,18-11-5-3-6-12-18)19-13-7-4-8-14-19/h3-13,15-16,19H,14H2,1-2H3. The maximum Gasteiger partial charge on any atom is 0.0240 e. The number of hydrogen-bond acceptors (Lipinski definition) is 0. The Kier molecular flexibility index (Phi) is 3.79. The first kappa shape index (κ1) is 13.9. The van der Waals surface area contributed by atoms with Gasteiger partial charge in [-0.3, -0.25) is 0 Å². The minimum atomic E-state index is 0.00847. The molecule has 0 radical (unpaired) electrons. The Hall–Kier alpha value is -2.08. The van der Waals surface area contributed by atoms with Crippen molar-refractivity contribution in [3.8, 4) is 0 Å². The summed E-state index contributed by atoms with van der Waals surface area (Å²) in [6.07, 6.45) is 10.1. The first-order valence-corrected chi connectivity index (χ1v) is 7.67. The average Bonchev–Trinajstić information content (AvgIpc) is 2.56. The van der Waals surface area contributed by atoms with Gasteiger partial charge in [-0.25, -0.2) is 0 Å². The highest BCUT2D eigenvalue weighted by Gasteiger charge is 2.36. The molecule has 0 saturated heterocycles. The molecule has 2 aromatic carbocycles. The molecule has 0 aromatic heterocycles. The molecule has 0 nitrogen and oxygen atoms in total. The van der Waals surface area contributed by atoms with Crippen molar-refractivity contribution < 1.29 is 0 Å². The molecule has 0 heteroatoms. The van der Waals surface area contributed by atoms with E-state index in [2.05, 4.69) is 92.7 Å². The molecule has 0 spiro atoms. The minimum Gasteiger partial charge on any atom is -0.0839 e. The summed E-state index contributed by atoms with van der Waals surface area (Å²) in [4.78, 5) is 0. The third kappa shape index (κ3) is 2.58. The van der Waals surface area contributed by atoms with Crippen LogP contribution < -0.4 is 0 Å². The van der Waals surface area contributed by atoms with E-state index in [4.69, 9.17) is 0 Å². The van der Waals surface area contributed by atoms with Crippen molar-refractivity contribution in [2.45, 2.75) is 25.7 Å². The Morgan fingerprint density at radius 2 is 1.67 bits per heavy atom. The van der Waals surface area contributed by atoms with Crippen molar-refractivity contribution in [2.75, 3.05) is 0 Å². The molecule has 2 unspecified atom stereocenters. The van der Waals surface area contributed by atoms with Crippen LogP contribution in [-0.2, 0) is 5.41 Å². The second-order valence-electron chi connectivity index (χ2n) is 6.09. The fraction of sp³-hybridized carbons (Fsp3) is 0.238. The molecule has 1 aliphatic rings. The first-order valence-electron chi connectivity index (χ1n) is 7.67. The molecule has 106 valence electrons. The minimum absolute atomic E-state index is 0.00847. The fourth-order valence-corrected chi connectivity index (χ4v) is 3.36. The van der Waals surface area contributed by atoms with Crippen molar-refractivity contribution in [1.29, 1.82) is 0 Å². The zero-order valence-corrected chi connectivity index (χ0v) is 12.8. The van der Waals surface area contributed by atoms with Crippen LogP contribution in [0.25, 0.3) is 0 Å². The predicted octanol–water partition coefficient (Wildman–Crippen LogP) is 5.43. The van der Waals surface area contributed by atoms with Crippen LogP contribution in [0.1, 0.15) is 30.0 Å². The lowest BCUT2D eigenvalue weighted by Crippen LogP contribution is -2.32. The van der Waals surface area contributed by atoms with Crippen LogP contribution in [0, 0.1) is 12.8 Å². The summed E-state index contributed by atoms with van der Waals surface area (Å²) in [5.41, 5.74) is 4.12. The SMILES string of the molecule is Cc1cccc(C(C)(c2ccccc2)C2C=CC=CC2)c1. The molecule has 1 aliphatic carbocycles. The molecule has 2 atom stereocenters. The van der Waals surface area contributed by atoms with E-state index in [1.807, 2.05) is 0 Å². The molecule has 0 amide bonds. The summed E-state index contributed by atoms with van der Waals surface area (Å²) < 4.78 is 0. The second-order valence-corrected chi connectivity index (χ2v) is 6.09. The van der Waals surface area contributed by atoms with E-state index < -0.39 is 0 Å². The number of benzene rings is 2. The number of allylic oxidation sites excluding steroid dienone is 4. The topological polar surface area (TPSA) is 0 Å². The molecule has 3 rings (SSSR count). The third-order valence-corrected chi connectivity index (χ3v) is 4.71. The summed E-state index contributed by atoms with van der Waals surface area (Å²) in [7, 11) is 0. The van der Waals surface area contributed by atoms with Crippen molar-refractivity contribution in [2.24, 2.45) is 5.92 Å². The Morgan fingerprint density at radius 1 is 0.905 bits per heavy atom. The van der Waals surface area contributed by atoms with E-state index in [9.17, 15) is 0 Å². The molecule has 0 heterocycles. The van der Waals surface area contributed by atoms with Gasteiger partial charge in [0.15, 0.2) is 0 Å². The van der Waals surface area contributed by atoms with Crippen LogP contribution in [0.5, 0.6) is 0 Å². The van der Waals surface area contributed by atoms with Crippen LogP contribution in [0.3, 0.4) is 0 Å². The Bertz CT molecular complexity index is 663. The van der Waals surface area contributed by atoms with Gasteiger partial charge in [-0.1, -0.05) is 91.4 Å². The first-order chi connectivity index (χ1) is 10.2. The van der Waals surface area contributed by atoms with E-state index in [0.717, 1.165) is 6.42 Å². The lowest BCUT2D eigenvalue weighted by Gasteiger charge is -2.38. The van der Waals surface area contributed by atoms with Gasteiger partial charge in [-0.05, 0) is 30.4 Å². The smallest absolute Gasteiger partial charge is 0.0240 e. The number of hydrogen-bond donors (Lipinski definition) is 0. The van der Waals surface area contributed by atoms with Gasteiger partial charge in [0.05, 0.1) is 0 Å². The van der Waals surface area contributed by atoms with Gasteiger partial charge in [0, 0.05) is 5.41 Å². The highest BCUT2D eigenvalue weighted by molar-refractivity contribution is 5.43. The van der Waals surface area contributed by atoms with E-state index >= 15 is 0 Å². The quantitative estimate of drug-likeness (QED) is 0.699. The number of aryl methyl sites for hydroxylation is 1. The molecule has 0 saturated carbocycles. The van der Waals surface area contributed by atoms with Crippen LogP contribution >= 0.6 is 0 Å². The molecule has 0 fully saturated rings. The van der Waals surface area contributed by atoms with Crippen LogP contribution in [0.2, 0.25) is 0 Å². The summed E-state index contributed by atoms with van der Waals surface area (Å²) in [5.74, 6) is 0.492. The molecule has 0 aliphatic heterocycles. The molecular formula is C21H22. The normalized spacial score (nSPS) is 20.2. The van der Waals surface area contributed by atoms with Gasteiger partial charge >= 0.3 is 0 Å². The largest absolute Gasteiger partial charge is 0.0839 e. The van der Waals surface area contributed by atoms with Gasteiger partial charge in [0.2, 0.25) is 0 Å². The van der Waals surface area contributed by atoms with Gasteiger partial charge in [-0.2, -0.15) is 0 Å². The molecule has 2 aromatic rings. The Labute approximate surface area is 127 Å². The van der Waals surface area contributed by atoms with Crippen molar-refractivity contribution >= 4 is 0 Å². The maximum atomic E-state index is 2.38. The predicted molar refractivity (Wildman–Crippen MR) is 90.5 cm³/mol. The summed E-state index contributed by atoms with van der Waals surface area (Å²) in [6.45, 7) is 4.55. The van der Waals surface area contributed by atoms with Crippen LogP contribution in [0.4, 0.5) is 0 Å². The molecule has 21 heavy (non-hydrogen) atoms. The third-order valence-electron chi connectivity index (χ3n) is 4.71. The monoisotopic (exact) mass is 274 g/mol. The van der Waals surface area contributed by atoms with Gasteiger partial charge in [0.1, 0.15) is 0 Å². The van der Waals surface area contributed by atoms with E-state index in [-0.39, 0.29) is 5.41 Å². The summed E-state index contributed by atoms with van der Waals surface area (Å²) in [6, 6.07) is 19.8. The zero-order valence-electron chi connectivity index (χ0n) is 12.8. The van der Waals surface area contributed by atoms with E-state index in [1.54, 1.807) is 0 Å². The van der Waals surface area contributed by atoms with Gasteiger partial charge in [0.25, 0.3) is 0 Å². The van der Waals surface area contributed by atoms with E-state index in [1.165, 1.54) is 16.7 Å².